The van der Waals surface area contributed by atoms with E-state index in [-0.39, 0.29) is 12.3 Å². The number of nitrogens with one attached hydrogen (secondary N) is 1. The number of halogens is 1. The number of hydroxylamine groups is 1. The number of hydrogen-bond donors (Lipinski definition) is 1. The molecule has 1 N–H and O–H groups in total. The van der Waals surface area contributed by atoms with E-state index in [2.05, 4.69) is 5.48 Å². The molecule has 1 aromatic carbocycles. The summed E-state index contributed by atoms with van der Waals surface area (Å²) in [4.78, 5) is 16.3. The second kappa shape index (κ2) is 5.93. The molecule has 1 aliphatic rings. The van der Waals surface area contributed by atoms with Crippen molar-refractivity contribution in [1.82, 2.24) is 5.48 Å². The number of rotatable bonds is 4. The van der Waals surface area contributed by atoms with Gasteiger partial charge in [-0.05, 0) is 24.6 Å². The maximum atomic E-state index is 11.5. The van der Waals surface area contributed by atoms with Gasteiger partial charge < -0.3 is 9.47 Å². The van der Waals surface area contributed by atoms with Gasteiger partial charge in [0.15, 0.2) is 11.5 Å². The first-order chi connectivity index (χ1) is 8.70. The SMILES string of the molecule is CCONC(=O)Cc1cc(Cl)c2c(c1)OCCO2. The molecule has 0 aliphatic carbocycles. The zero-order valence-electron chi connectivity index (χ0n) is 9.99. The molecule has 1 aliphatic heterocycles. The lowest BCUT2D eigenvalue weighted by molar-refractivity contribution is -0.132. The molecule has 0 saturated carbocycles. The molecule has 0 fully saturated rings. The lowest BCUT2D eigenvalue weighted by Crippen LogP contribution is -2.25. The Morgan fingerprint density at radius 1 is 1.44 bits per heavy atom. The van der Waals surface area contributed by atoms with Crippen LogP contribution in [0.1, 0.15) is 12.5 Å². The molecule has 0 bridgehead atoms. The van der Waals surface area contributed by atoms with Gasteiger partial charge in [-0.1, -0.05) is 11.6 Å². The minimum Gasteiger partial charge on any atom is -0.486 e. The fraction of sp³-hybridized carbons (Fsp3) is 0.417. The Morgan fingerprint density at radius 3 is 3.00 bits per heavy atom. The van der Waals surface area contributed by atoms with Gasteiger partial charge in [0.05, 0.1) is 18.1 Å². The molecule has 1 amide bonds. The van der Waals surface area contributed by atoms with E-state index in [1.54, 1.807) is 19.1 Å². The monoisotopic (exact) mass is 271 g/mol. The van der Waals surface area contributed by atoms with Crippen molar-refractivity contribution in [3.63, 3.8) is 0 Å². The van der Waals surface area contributed by atoms with Gasteiger partial charge in [0.2, 0.25) is 5.91 Å². The topological polar surface area (TPSA) is 56.8 Å². The van der Waals surface area contributed by atoms with Crippen molar-refractivity contribution >= 4 is 17.5 Å². The summed E-state index contributed by atoms with van der Waals surface area (Å²) in [6, 6.07) is 3.45. The van der Waals surface area contributed by atoms with Crippen LogP contribution in [0.5, 0.6) is 11.5 Å². The number of carbonyl (C=O) groups is 1. The highest BCUT2D eigenvalue weighted by Crippen LogP contribution is 2.38. The third-order valence-electron chi connectivity index (χ3n) is 2.35. The Morgan fingerprint density at radius 2 is 2.22 bits per heavy atom. The molecule has 18 heavy (non-hydrogen) atoms. The number of amides is 1. The number of carbonyl (C=O) groups excluding carboxylic acids is 1. The molecule has 0 unspecified atom stereocenters. The Hall–Kier alpha value is -1.46. The molecular weight excluding hydrogens is 258 g/mol. The highest BCUT2D eigenvalue weighted by Gasteiger charge is 2.17. The minimum atomic E-state index is -0.232. The Bertz CT molecular complexity index is 450. The van der Waals surface area contributed by atoms with Gasteiger partial charge in [-0.25, -0.2) is 5.48 Å². The number of hydrogen-bond acceptors (Lipinski definition) is 4. The fourth-order valence-electron chi connectivity index (χ4n) is 1.64. The summed E-state index contributed by atoms with van der Waals surface area (Å²) in [7, 11) is 0. The van der Waals surface area contributed by atoms with Crippen LogP contribution in [0.3, 0.4) is 0 Å². The van der Waals surface area contributed by atoms with E-state index < -0.39 is 0 Å². The van der Waals surface area contributed by atoms with Gasteiger partial charge >= 0.3 is 0 Å². The summed E-state index contributed by atoms with van der Waals surface area (Å²) in [5.41, 5.74) is 3.08. The van der Waals surface area contributed by atoms with Crippen LogP contribution in [0.25, 0.3) is 0 Å². The van der Waals surface area contributed by atoms with Crippen LogP contribution in [-0.4, -0.2) is 25.7 Å². The van der Waals surface area contributed by atoms with Gasteiger partial charge in [0.25, 0.3) is 0 Å². The van der Waals surface area contributed by atoms with Crippen LogP contribution in [0.15, 0.2) is 12.1 Å². The van der Waals surface area contributed by atoms with Gasteiger partial charge in [-0.15, -0.1) is 0 Å². The Balaban J connectivity index is 2.10. The average Bonchev–Trinajstić information content (AvgIpc) is 2.36. The van der Waals surface area contributed by atoms with Crippen molar-refractivity contribution in [3.05, 3.63) is 22.7 Å². The first-order valence-corrected chi connectivity index (χ1v) is 6.07. The van der Waals surface area contributed by atoms with Crippen molar-refractivity contribution in [1.29, 1.82) is 0 Å². The van der Waals surface area contributed by atoms with E-state index in [0.29, 0.717) is 36.3 Å². The first kappa shape index (κ1) is 13.0. The smallest absolute Gasteiger partial charge is 0.247 e. The molecule has 0 spiro atoms. The molecule has 0 aromatic heterocycles. The van der Waals surface area contributed by atoms with Crippen LogP contribution in [0.2, 0.25) is 5.02 Å². The first-order valence-electron chi connectivity index (χ1n) is 5.69. The van der Waals surface area contributed by atoms with Crippen molar-refractivity contribution in [2.24, 2.45) is 0 Å². The van der Waals surface area contributed by atoms with Gasteiger partial charge in [0, 0.05) is 0 Å². The van der Waals surface area contributed by atoms with Crippen LogP contribution < -0.4 is 15.0 Å². The summed E-state index contributed by atoms with van der Waals surface area (Å²) in [6.07, 6.45) is 0.177. The molecule has 6 heteroatoms. The Kier molecular flexibility index (Phi) is 4.28. The van der Waals surface area contributed by atoms with Crippen LogP contribution >= 0.6 is 11.6 Å². The van der Waals surface area contributed by atoms with Crippen LogP contribution in [0.4, 0.5) is 0 Å². The molecule has 0 radical (unpaired) electrons. The summed E-state index contributed by atoms with van der Waals surface area (Å²) < 4.78 is 10.8. The van der Waals surface area contributed by atoms with Gasteiger partial charge in [-0.2, -0.15) is 0 Å². The molecule has 1 aromatic rings. The number of fused-ring (bicyclic) bond motifs is 1. The molecule has 0 saturated heterocycles. The summed E-state index contributed by atoms with van der Waals surface area (Å²) in [5.74, 6) is 0.884. The van der Waals surface area contributed by atoms with Crippen molar-refractivity contribution in [2.45, 2.75) is 13.3 Å². The summed E-state index contributed by atoms with van der Waals surface area (Å²) in [6.45, 7) is 3.18. The molecular formula is C12H14ClNO4. The zero-order chi connectivity index (χ0) is 13.0. The fourth-order valence-corrected chi connectivity index (χ4v) is 1.93. The lowest BCUT2D eigenvalue weighted by Gasteiger charge is -2.20. The van der Waals surface area contributed by atoms with Crippen LogP contribution in [-0.2, 0) is 16.1 Å². The predicted octanol–water partition coefficient (Wildman–Crippen LogP) is 1.72. The summed E-state index contributed by atoms with van der Waals surface area (Å²) >= 11 is 6.07. The minimum absolute atomic E-state index is 0.177. The van der Waals surface area contributed by atoms with E-state index in [1.807, 2.05) is 0 Å². The summed E-state index contributed by atoms with van der Waals surface area (Å²) in [5, 5.41) is 0.450. The second-order valence-corrected chi connectivity index (χ2v) is 4.14. The highest BCUT2D eigenvalue weighted by atomic mass is 35.5. The van der Waals surface area contributed by atoms with Crippen LogP contribution in [0, 0.1) is 0 Å². The number of benzene rings is 1. The average molecular weight is 272 g/mol. The van der Waals surface area contributed by atoms with Crippen molar-refractivity contribution in [2.75, 3.05) is 19.8 Å². The molecule has 5 nitrogen and oxygen atoms in total. The molecule has 1 heterocycles. The van der Waals surface area contributed by atoms with E-state index in [0.717, 1.165) is 5.56 Å². The highest BCUT2D eigenvalue weighted by molar-refractivity contribution is 6.32. The van der Waals surface area contributed by atoms with E-state index in [4.69, 9.17) is 25.9 Å². The zero-order valence-corrected chi connectivity index (χ0v) is 10.8. The second-order valence-electron chi connectivity index (χ2n) is 3.74. The Labute approximate surface area is 110 Å². The van der Waals surface area contributed by atoms with E-state index >= 15 is 0 Å². The maximum Gasteiger partial charge on any atom is 0.247 e. The third kappa shape index (κ3) is 3.05. The van der Waals surface area contributed by atoms with Crippen molar-refractivity contribution in [3.8, 4) is 11.5 Å². The molecule has 2 rings (SSSR count). The maximum absolute atomic E-state index is 11.5. The molecule has 0 atom stereocenters. The quantitative estimate of drug-likeness (QED) is 0.847. The van der Waals surface area contributed by atoms with E-state index in [1.165, 1.54) is 0 Å². The standard InChI is InChI=1S/C12H14ClNO4/c1-2-18-14-11(15)7-8-5-9(13)12-10(6-8)16-3-4-17-12/h5-6H,2-4,7H2,1H3,(H,14,15). The largest absolute Gasteiger partial charge is 0.486 e. The normalized spacial score (nSPS) is 13.2. The van der Waals surface area contributed by atoms with Gasteiger partial charge in [-0.3, -0.25) is 9.63 Å². The molecule has 98 valence electrons. The van der Waals surface area contributed by atoms with Crippen molar-refractivity contribution < 1.29 is 19.1 Å². The van der Waals surface area contributed by atoms with Gasteiger partial charge in [0.1, 0.15) is 13.2 Å². The third-order valence-corrected chi connectivity index (χ3v) is 2.63. The van der Waals surface area contributed by atoms with E-state index in [9.17, 15) is 4.79 Å². The lowest BCUT2D eigenvalue weighted by atomic mass is 10.1. The predicted molar refractivity (Wildman–Crippen MR) is 65.9 cm³/mol. The number of ether oxygens (including phenoxy) is 2.